The van der Waals surface area contributed by atoms with Crippen molar-refractivity contribution in [3.63, 3.8) is 0 Å². The number of anilines is 1. The third-order valence-corrected chi connectivity index (χ3v) is 2.99. The number of nitrogens with one attached hydrogen (secondary N) is 1. The molecule has 0 bridgehead atoms. The van der Waals surface area contributed by atoms with E-state index in [9.17, 15) is 14.5 Å². The molecule has 0 unspecified atom stereocenters. The molecule has 0 saturated heterocycles. The molecule has 0 radical (unpaired) electrons. The highest BCUT2D eigenvalue weighted by molar-refractivity contribution is 5.62. The van der Waals surface area contributed by atoms with Gasteiger partial charge in [-0.15, -0.1) is 0 Å². The number of rotatable bonds is 5. The molecule has 0 aliphatic rings. The third-order valence-electron chi connectivity index (χ3n) is 2.99. The Morgan fingerprint density at radius 3 is 2.55 bits per heavy atom. The zero-order valence-electron chi connectivity index (χ0n) is 11.1. The number of halogens is 1. The molecule has 0 amide bonds. The van der Waals surface area contributed by atoms with E-state index in [4.69, 9.17) is 0 Å². The maximum atomic E-state index is 12.8. The van der Waals surface area contributed by atoms with Crippen LogP contribution in [0.25, 0.3) is 0 Å². The fourth-order valence-corrected chi connectivity index (χ4v) is 1.94. The van der Waals surface area contributed by atoms with E-state index in [-0.39, 0.29) is 11.5 Å². The lowest BCUT2D eigenvalue weighted by Crippen LogP contribution is -2.07. The summed E-state index contributed by atoms with van der Waals surface area (Å²) in [5.41, 5.74) is 2.51. The van der Waals surface area contributed by atoms with Crippen LogP contribution in [0.3, 0.4) is 0 Å². The first-order valence-corrected chi connectivity index (χ1v) is 6.29. The average Bonchev–Trinajstić information content (AvgIpc) is 2.41. The van der Waals surface area contributed by atoms with Gasteiger partial charge in [-0.2, -0.15) is 0 Å². The van der Waals surface area contributed by atoms with Crippen molar-refractivity contribution in [3.8, 4) is 0 Å². The predicted molar refractivity (Wildman–Crippen MR) is 76.4 cm³/mol. The van der Waals surface area contributed by atoms with Gasteiger partial charge >= 0.3 is 0 Å². The second kappa shape index (κ2) is 6.14. The topological polar surface area (TPSA) is 55.2 Å². The Kier molecular flexibility index (Phi) is 4.30. The summed E-state index contributed by atoms with van der Waals surface area (Å²) in [6, 6.07) is 11.2. The van der Waals surface area contributed by atoms with Crippen LogP contribution in [0, 0.1) is 22.9 Å². The maximum Gasteiger partial charge on any atom is 0.292 e. The minimum Gasteiger partial charge on any atom is -0.379 e. The summed E-state index contributed by atoms with van der Waals surface area (Å²) in [6.07, 6.45) is 0.672. The lowest BCUT2D eigenvalue weighted by Gasteiger charge is -2.08. The van der Waals surface area contributed by atoms with Gasteiger partial charge in [0.05, 0.1) is 4.92 Å². The predicted octanol–water partition coefficient (Wildman–Crippen LogP) is 3.70. The molecular formula is C15H15FN2O2. The average molecular weight is 274 g/mol. The number of nitro groups is 1. The summed E-state index contributed by atoms with van der Waals surface area (Å²) in [7, 11) is 0. The normalized spacial score (nSPS) is 10.3. The van der Waals surface area contributed by atoms with Gasteiger partial charge in [0.1, 0.15) is 11.5 Å². The summed E-state index contributed by atoms with van der Waals surface area (Å²) >= 11 is 0. The van der Waals surface area contributed by atoms with Crippen LogP contribution >= 0.6 is 0 Å². The van der Waals surface area contributed by atoms with Gasteiger partial charge in [-0.05, 0) is 42.7 Å². The third kappa shape index (κ3) is 3.54. The van der Waals surface area contributed by atoms with Crippen LogP contribution in [0.15, 0.2) is 42.5 Å². The van der Waals surface area contributed by atoms with Crippen LogP contribution in [0.4, 0.5) is 15.8 Å². The minimum absolute atomic E-state index is 0.0645. The number of aryl methyl sites for hydroxylation is 1. The molecular weight excluding hydrogens is 259 g/mol. The largest absolute Gasteiger partial charge is 0.379 e. The van der Waals surface area contributed by atoms with Gasteiger partial charge in [-0.25, -0.2) is 4.39 Å². The summed E-state index contributed by atoms with van der Waals surface area (Å²) in [4.78, 5) is 10.5. The van der Waals surface area contributed by atoms with E-state index >= 15 is 0 Å². The van der Waals surface area contributed by atoms with Crippen LogP contribution in [-0.4, -0.2) is 11.5 Å². The first-order chi connectivity index (χ1) is 9.56. The smallest absolute Gasteiger partial charge is 0.292 e. The summed E-state index contributed by atoms with van der Waals surface area (Å²) in [5, 5.41) is 14.0. The van der Waals surface area contributed by atoms with Crippen LogP contribution in [0.5, 0.6) is 0 Å². The number of nitro benzene ring substituents is 1. The zero-order chi connectivity index (χ0) is 14.5. The minimum atomic E-state index is -0.403. The standard InChI is InChI=1S/C15H15FN2O2/c1-11-2-7-15(18(19)20)14(10-11)17-9-8-12-3-5-13(16)6-4-12/h2-7,10,17H,8-9H2,1H3. The van der Waals surface area contributed by atoms with Gasteiger partial charge in [0.2, 0.25) is 0 Å². The monoisotopic (exact) mass is 274 g/mol. The van der Waals surface area contributed by atoms with Crippen molar-refractivity contribution >= 4 is 11.4 Å². The van der Waals surface area contributed by atoms with E-state index in [1.165, 1.54) is 18.2 Å². The van der Waals surface area contributed by atoms with Crippen molar-refractivity contribution in [2.75, 3.05) is 11.9 Å². The van der Waals surface area contributed by atoms with Crippen molar-refractivity contribution in [2.45, 2.75) is 13.3 Å². The second-order valence-corrected chi connectivity index (χ2v) is 4.58. The molecule has 4 nitrogen and oxygen atoms in total. The van der Waals surface area contributed by atoms with Gasteiger partial charge in [-0.3, -0.25) is 10.1 Å². The van der Waals surface area contributed by atoms with Crippen LogP contribution in [-0.2, 0) is 6.42 Å². The van der Waals surface area contributed by atoms with E-state index in [0.29, 0.717) is 18.7 Å². The van der Waals surface area contributed by atoms with E-state index in [2.05, 4.69) is 5.32 Å². The van der Waals surface area contributed by atoms with E-state index < -0.39 is 4.92 Å². The zero-order valence-corrected chi connectivity index (χ0v) is 11.1. The molecule has 0 heterocycles. The Morgan fingerprint density at radius 1 is 1.20 bits per heavy atom. The van der Waals surface area contributed by atoms with Crippen molar-refractivity contribution in [1.29, 1.82) is 0 Å². The van der Waals surface area contributed by atoms with Gasteiger partial charge in [0.25, 0.3) is 5.69 Å². The van der Waals surface area contributed by atoms with Gasteiger partial charge < -0.3 is 5.32 Å². The molecule has 0 saturated carbocycles. The van der Waals surface area contributed by atoms with Crippen LogP contribution < -0.4 is 5.32 Å². The quantitative estimate of drug-likeness (QED) is 0.668. The molecule has 0 aliphatic heterocycles. The molecule has 1 N–H and O–H groups in total. The molecule has 2 rings (SSSR count). The fraction of sp³-hybridized carbons (Fsp3) is 0.200. The number of hydrogen-bond donors (Lipinski definition) is 1. The summed E-state index contributed by atoms with van der Waals surface area (Å²) in [6.45, 7) is 2.44. The Balaban J connectivity index is 2.02. The lowest BCUT2D eigenvalue weighted by atomic mass is 10.1. The maximum absolute atomic E-state index is 12.8. The molecule has 20 heavy (non-hydrogen) atoms. The van der Waals surface area contributed by atoms with E-state index in [0.717, 1.165) is 11.1 Å². The first kappa shape index (κ1) is 14.0. The number of nitrogens with zero attached hydrogens (tertiary/aromatic N) is 1. The van der Waals surface area contributed by atoms with E-state index in [1.54, 1.807) is 24.3 Å². The van der Waals surface area contributed by atoms with Crippen LogP contribution in [0.1, 0.15) is 11.1 Å². The number of benzene rings is 2. The highest BCUT2D eigenvalue weighted by atomic mass is 19.1. The molecule has 104 valence electrons. The van der Waals surface area contributed by atoms with Crippen molar-refractivity contribution < 1.29 is 9.31 Å². The number of hydrogen-bond acceptors (Lipinski definition) is 3. The molecule has 0 aromatic heterocycles. The SMILES string of the molecule is Cc1ccc([N+](=O)[O-])c(NCCc2ccc(F)cc2)c1. The van der Waals surface area contributed by atoms with Crippen molar-refractivity contribution in [1.82, 2.24) is 0 Å². The molecule has 0 fully saturated rings. The second-order valence-electron chi connectivity index (χ2n) is 4.58. The van der Waals surface area contributed by atoms with Crippen molar-refractivity contribution in [3.05, 3.63) is 69.5 Å². The molecule has 0 atom stereocenters. The molecule has 0 aliphatic carbocycles. The van der Waals surface area contributed by atoms with Crippen LogP contribution in [0.2, 0.25) is 0 Å². The van der Waals surface area contributed by atoms with E-state index in [1.807, 2.05) is 6.92 Å². The Labute approximate surface area is 116 Å². The lowest BCUT2D eigenvalue weighted by molar-refractivity contribution is -0.384. The Morgan fingerprint density at radius 2 is 1.90 bits per heavy atom. The Hall–Kier alpha value is -2.43. The van der Waals surface area contributed by atoms with Gasteiger partial charge in [0.15, 0.2) is 0 Å². The van der Waals surface area contributed by atoms with Crippen molar-refractivity contribution in [2.24, 2.45) is 0 Å². The molecule has 2 aromatic rings. The van der Waals surface area contributed by atoms with Gasteiger partial charge in [0, 0.05) is 12.6 Å². The first-order valence-electron chi connectivity index (χ1n) is 6.29. The van der Waals surface area contributed by atoms with Gasteiger partial charge in [-0.1, -0.05) is 18.2 Å². The summed E-state index contributed by atoms with van der Waals surface area (Å²) in [5.74, 6) is -0.268. The highest BCUT2D eigenvalue weighted by Crippen LogP contribution is 2.25. The summed E-state index contributed by atoms with van der Waals surface area (Å²) < 4.78 is 12.8. The molecule has 2 aromatic carbocycles. The molecule has 5 heteroatoms. The molecule has 0 spiro atoms. The fourth-order valence-electron chi connectivity index (χ4n) is 1.94. The highest BCUT2D eigenvalue weighted by Gasteiger charge is 2.12. The Bertz CT molecular complexity index is 612.